The van der Waals surface area contributed by atoms with E-state index in [1.807, 2.05) is 48.5 Å². The smallest absolute Gasteiger partial charge is 0.238 e. The van der Waals surface area contributed by atoms with Crippen LogP contribution in [0.2, 0.25) is 0 Å². The molecule has 0 N–H and O–H groups in total. The zero-order valence-corrected chi connectivity index (χ0v) is 27.7. The minimum Gasteiger partial charge on any atom is -0.435 e. The second-order valence-corrected chi connectivity index (χ2v) is 13.0. The highest BCUT2D eigenvalue weighted by molar-refractivity contribution is 6.25. The first-order chi connectivity index (χ1) is 25.8. The lowest BCUT2D eigenvalue weighted by Gasteiger charge is -2.13. The molecule has 0 fully saturated rings. The van der Waals surface area contributed by atoms with E-state index in [4.69, 9.17) is 24.4 Å². The Bertz CT molecular complexity index is 3110. The van der Waals surface area contributed by atoms with E-state index < -0.39 is 0 Å². The molecule has 0 amide bonds. The van der Waals surface area contributed by atoms with E-state index in [-0.39, 0.29) is 0 Å². The Balaban J connectivity index is 1.20. The zero-order valence-electron chi connectivity index (χ0n) is 27.7. The van der Waals surface area contributed by atoms with Crippen molar-refractivity contribution < 1.29 is 4.42 Å². The maximum absolute atomic E-state index is 6.48. The Morgan fingerprint density at radius 3 is 1.62 bits per heavy atom. The van der Waals surface area contributed by atoms with Gasteiger partial charge >= 0.3 is 0 Å². The molecule has 0 atom stereocenters. The molecule has 11 aromatic rings. The molecule has 0 unspecified atom stereocenters. The summed E-state index contributed by atoms with van der Waals surface area (Å²) in [7, 11) is 0. The number of hydrogen-bond acceptors (Lipinski definition) is 5. The number of hydrogen-bond donors (Lipinski definition) is 0. The van der Waals surface area contributed by atoms with Gasteiger partial charge in [-0.3, -0.25) is 4.57 Å². The summed E-state index contributed by atoms with van der Waals surface area (Å²) < 4.78 is 8.62. The quantitative estimate of drug-likeness (QED) is 0.175. The van der Waals surface area contributed by atoms with Crippen molar-refractivity contribution in [2.75, 3.05) is 0 Å². The van der Waals surface area contributed by atoms with Gasteiger partial charge in [0, 0.05) is 21.9 Å². The van der Waals surface area contributed by atoms with Crippen LogP contribution in [-0.4, -0.2) is 24.5 Å². The van der Waals surface area contributed by atoms with Crippen molar-refractivity contribution in [3.8, 4) is 40.2 Å². The van der Waals surface area contributed by atoms with E-state index >= 15 is 0 Å². The predicted molar refractivity (Wildman–Crippen MR) is 211 cm³/mol. The van der Waals surface area contributed by atoms with Crippen molar-refractivity contribution in [2.45, 2.75) is 0 Å². The van der Waals surface area contributed by atoms with Gasteiger partial charge in [0.2, 0.25) is 11.8 Å². The summed E-state index contributed by atoms with van der Waals surface area (Å²) >= 11 is 0. The van der Waals surface area contributed by atoms with Crippen LogP contribution in [0.4, 0.5) is 0 Å². The molecule has 8 aromatic carbocycles. The average molecular weight is 666 g/mol. The standard InChI is InChI=1S/C46H27N5O/c1-2-13-28(14-3-1)45-47-39-22-12-21-37(42(39)52-45)44-48-43(49-46(50-44)51-40-23-10-8-19-35(40)36-20-9-11-24-41(36)51)29-25-26-34-32-17-5-4-15-30(32)31-16-6-7-18-33(31)38(34)27-29/h1-27H. The van der Waals surface area contributed by atoms with E-state index in [0.29, 0.717) is 29.1 Å². The zero-order chi connectivity index (χ0) is 34.2. The summed E-state index contributed by atoms with van der Waals surface area (Å²) in [5.41, 5.74) is 5.95. The van der Waals surface area contributed by atoms with Crippen LogP contribution in [0.5, 0.6) is 0 Å². The van der Waals surface area contributed by atoms with E-state index in [0.717, 1.165) is 49.4 Å². The molecule has 6 heteroatoms. The van der Waals surface area contributed by atoms with E-state index in [1.165, 1.54) is 26.9 Å². The van der Waals surface area contributed by atoms with Crippen LogP contribution in [0.3, 0.4) is 0 Å². The van der Waals surface area contributed by atoms with Gasteiger partial charge in [0.15, 0.2) is 17.2 Å². The molecule has 6 nitrogen and oxygen atoms in total. The molecule has 0 aliphatic rings. The minimum atomic E-state index is 0.506. The Morgan fingerprint density at radius 2 is 0.942 bits per heavy atom. The van der Waals surface area contributed by atoms with Gasteiger partial charge < -0.3 is 4.42 Å². The fourth-order valence-electron chi connectivity index (χ4n) is 7.73. The van der Waals surface area contributed by atoms with Gasteiger partial charge in [0.05, 0.1) is 16.6 Å². The molecule has 3 heterocycles. The maximum Gasteiger partial charge on any atom is 0.238 e. The Labute approximate surface area is 297 Å². The third-order valence-corrected chi connectivity index (χ3v) is 10.1. The number of aromatic nitrogens is 5. The molecule has 11 rings (SSSR count). The fraction of sp³-hybridized carbons (Fsp3) is 0. The number of para-hydroxylation sites is 3. The Kier molecular flexibility index (Phi) is 6.15. The lowest BCUT2D eigenvalue weighted by Crippen LogP contribution is -2.06. The maximum atomic E-state index is 6.48. The van der Waals surface area contributed by atoms with Gasteiger partial charge in [-0.25, -0.2) is 9.97 Å². The highest BCUT2D eigenvalue weighted by Gasteiger charge is 2.21. The van der Waals surface area contributed by atoms with Crippen LogP contribution < -0.4 is 0 Å². The van der Waals surface area contributed by atoms with Crippen LogP contribution in [-0.2, 0) is 0 Å². The fourth-order valence-corrected chi connectivity index (χ4v) is 7.73. The number of benzene rings is 8. The highest BCUT2D eigenvalue weighted by atomic mass is 16.3. The number of oxazole rings is 1. The van der Waals surface area contributed by atoms with Crippen molar-refractivity contribution >= 4 is 65.2 Å². The van der Waals surface area contributed by atoms with Crippen molar-refractivity contribution in [1.82, 2.24) is 24.5 Å². The third kappa shape index (κ3) is 4.31. The molecule has 0 saturated heterocycles. The molecular weight excluding hydrogens is 639 g/mol. The van der Waals surface area contributed by atoms with Crippen LogP contribution in [0, 0.1) is 0 Å². The van der Waals surface area contributed by atoms with Crippen molar-refractivity contribution in [2.24, 2.45) is 0 Å². The van der Waals surface area contributed by atoms with Gasteiger partial charge in [-0.1, -0.05) is 121 Å². The Hall–Kier alpha value is -7.18. The van der Waals surface area contributed by atoms with Crippen LogP contribution in [0.1, 0.15) is 0 Å². The first-order valence-electron chi connectivity index (χ1n) is 17.3. The molecule has 0 radical (unpaired) electrons. The van der Waals surface area contributed by atoms with Crippen LogP contribution >= 0.6 is 0 Å². The van der Waals surface area contributed by atoms with Gasteiger partial charge in [-0.2, -0.15) is 9.97 Å². The van der Waals surface area contributed by atoms with E-state index in [1.54, 1.807) is 0 Å². The predicted octanol–water partition coefficient (Wildman–Crippen LogP) is 11.6. The van der Waals surface area contributed by atoms with Gasteiger partial charge in [0.25, 0.3) is 0 Å². The van der Waals surface area contributed by atoms with Gasteiger partial charge in [-0.05, 0) is 74.8 Å². The van der Waals surface area contributed by atoms with Crippen molar-refractivity contribution in [3.63, 3.8) is 0 Å². The van der Waals surface area contributed by atoms with Crippen molar-refractivity contribution in [1.29, 1.82) is 0 Å². The lowest BCUT2D eigenvalue weighted by atomic mass is 9.93. The summed E-state index contributed by atoms with van der Waals surface area (Å²) in [5, 5.41) is 9.48. The monoisotopic (exact) mass is 665 g/mol. The molecule has 52 heavy (non-hydrogen) atoms. The highest BCUT2D eigenvalue weighted by Crippen LogP contribution is 2.38. The molecule has 0 aliphatic heterocycles. The van der Waals surface area contributed by atoms with E-state index in [9.17, 15) is 0 Å². The number of fused-ring (bicyclic) bond motifs is 10. The SMILES string of the molecule is c1ccc(-c2nc3cccc(-c4nc(-c5ccc6c7ccccc7c7ccccc7c6c5)nc(-n5c6ccccc6c6ccccc65)n4)c3o2)cc1. The third-order valence-electron chi connectivity index (χ3n) is 10.1. The first kappa shape index (κ1) is 28.6. The van der Waals surface area contributed by atoms with Gasteiger partial charge in [-0.15, -0.1) is 0 Å². The first-order valence-corrected chi connectivity index (χ1v) is 17.3. The normalized spacial score (nSPS) is 11.8. The average Bonchev–Trinajstić information content (AvgIpc) is 3.81. The molecule has 0 bridgehead atoms. The van der Waals surface area contributed by atoms with E-state index in [2.05, 4.69) is 120 Å². The minimum absolute atomic E-state index is 0.506. The second kappa shape index (κ2) is 11.2. The topological polar surface area (TPSA) is 69.6 Å². The van der Waals surface area contributed by atoms with Gasteiger partial charge in [0.1, 0.15) is 5.52 Å². The summed E-state index contributed by atoms with van der Waals surface area (Å²) in [5.74, 6) is 2.15. The number of nitrogens with zero attached hydrogens (tertiary/aromatic N) is 5. The molecule has 242 valence electrons. The Morgan fingerprint density at radius 1 is 0.385 bits per heavy atom. The molecule has 0 aliphatic carbocycles. The molecule has 0 spiro atoms. The molecule has 3 aromatic heterocycles. The number of rotatable bonds is 4. The lowest BCUT2D eigenvalue weighted by molar-refractivity contribution is 0.620. The summed E-state index contributed by atoms with van der Waals surface area (Å²) in [6.45, 7) is 0. The second-order valence-electron chi connectivity index (χ2n) is 13.0. The van der Waals surface area contributed by atoms with Crippen LogP contribution in [0.25, 0.3) is 105 Å². The largest absolute Gasteiger partial charge is 0.435 e. The summed E-state index contributed by atoms with van der Waals surface area (Å²) in [6, 6.07) is 56.5. The summed E-state index contributed by atoms with van der Waals surface area (Å²) in [4.78, 5) is 20.5. The van der Waals surface area contributed by atoms with Crippen molar-refractivity contribution in [3.05, 3.63) is 164 Å². The molecule has 0 saturated carbocycles. The molecular formula is C46H27N5O. The summed E-state index contributed by atoms with van der Waals surface area (Å²) in [6.07, 6.45) is 0. The van der Waals surface area contributed by atoms with Crippen LogP contribution in [0.15, 0.2) is 168 Å².